The van der Waals surface area contributed by atoms with Gasteiger partial charge in [0.25, 0.3) is 5.91 Å². The van der Waals surface area contributed by atoms with E-state index in [1.807, 2.05) is 0 Å². The SMILES string of the molecule is NC(=S)C1CCN(C(=O)c2c(F)cc(F)cc2F)CC1. The van der Waals surface area contributed by atoms with Crippen molar-refractivity contribution in [3.63, 3.8) is 0 Å². The summed E-state index contributed by atoms with van der Waals surface area (Å²) in [6.07, 6.45) is 1.12. The van der Waals surface area contributed by atoms with Crippen molar-refractivity contribution in [2.24, 2.45) is 11.7 Å². The molecule has 1 saturated heterocycles. The topological polar surface area (TPSA) is 46.3 Å². The van der Waals surface area contributed by atoms with Crippen LogP contribution in [0.2, 0.25) is 0 Å². The van der Waals surface area contributed by atoms with Crippen LogP contribution in [0.1, 0.15) is 23.2 Å². The maximum absolute atomic E-state index is 13.6. The second-order valence-electron chi connectivity index (χ2n) is 4.71. The highest BCUT2D eigenvalue weighted by Gasteiger charge is 2.28. The lowest BCUT2D eigenvalue weighted by Gasteiger charge is -2.31. The molecule has 0 unspecified atom stereocenters. The van der Waals surface area contributed by atoms with Crippen LogP contribution in [-0.4, -0.2) is 28.9 Å². The van der Waals surface area contributed by atoms with Gasteiger partial charge in [-0.3, -0.25) is 4.79 Å². The van der Waals surface area contributed by atoms with Gasteiger partial charge in [0.2, 0.25) is 0 Å². The molecule has 1 amide bonds. The highest BCUT2D eigenvalue weighted by Crippen LogP contribution is 2.22. The fourth-order valence-corrected chi connectivity index (χ4v) is 2.51. The van der Waals surface area contributed by atoms with Crippen molar-refractivity contribution in [1.29, 1.82) is 0 Å². The summed E-state index contributed by atoms with van der Waals surface area (Å²) >= 11 is 4.88. The Morgan fingerprint density at radius 3 is 2.15 bits per heavy atom. The first-order valence-corrected chi connectivity index (χ1v) is 6.54. The van der Waals surface area contributed by atoms with Crippen molar-refractivity contribution in [3.05, 3.63) is 35.1 Å². The van der Waals surface area contributed by atoms with E-state index >= 15 is 0 Å². The number of nitrogens with zero attached hydrogens (tertiary/aromatic N) is 1. The molecule has 0 aliphatic carbocycles. The van der Waals surface area contributed by atoms with E-state index in [1.165, 1.54) is 4.90 Å². The number of benzene rings is 1. The molecular formula is C13H13F3N2OS. The van der Waals surface area contributed by atoms with E-state index in [4.69, 9.17) is 18.0 Å². The highest BCUT2D eigenvalue weighted by atomic mass is 32.1. The van der Waals surface area contributed by atoms with Gasteiger partial charge in [-0.15, -0.1) is 0 Å². The first kappa shape index (κ1) is 14.8. The molecule has 0 saturated carbocycles. The summed E-state index contributed by atoms with van der Waals surface area (Å²) in [4.78, 5) is 13.8. The second-order valence-corrected chi connectivity index (χ2v) is 5.18. The van der Waals surface area contributed by atoms with Gasteiger partial charge in [-0.05, 0) is 12.8 Å². The molecule has 1 fully saturated rings. The van der Waals surface area contributed by atoms with Gasteiger partial charge in [-0.25, -0.2) is 13.2 Å². The third-order valence-electron chi connectivity index (χ3n) is 3.41. The number of nitrogens with two attached hydrogens (primary N) is 1. The third-order valence-corrected chi connectivity index (χ3v) is 3.74. The fraction of sp³-hybridized carbons (Fsp3) is 0.385. The van der Waals surface area contributed by atoms with E-state index in [-0.39, 0.29) is 5.92 Å². The van der Waals surface area contributed by atoms with E-state index in [1.54, 1.807) is 0 Å². The number of thiocarbonyl (C=S) groups is 1. The van der Waals surface area contributed by atoms with Crippen LogP contribution < -0.4 is 5.73 Å². The molecule has 1 aliphatic rings. The summed E-state index contributed by atoms with van der Waals surface area (Å²) in [6, 6.07) is 0.996. The predicted octanol–water partition coefficient (Wildman–Crippen LogP) is 2.24. The summed E-state index contributed by atoms with van der Waals surface area (Å²) in [6.45, 7) is 0.633. The van der Waals surface area contributed by atoms with Crippen LogP contribution in [0.25, 0.3) is 0 Å². The van der Waals surface area contributed by atoms with Gasteiger partial charge in [-0.1, -0.05) is 12.2 Å². The molecule has 1 aliphatic heterocycles. The average molecular weight is 302 g/mol. The molecule has 0 atom stereocenters. The standard InChI is InChI=1S/C13H13F3N2OS/c14-8-5-9(15)11(10(16)6-8)13(19)18-3-1-7(2-4-18)12(17)20/h5-7H,1-4H2,(H2,17,20). The maximum Gasteiger partial charge on any atom is 0.259 e. The second kappa shape index (κ2) is 5.78. The summed E-state index contributed by atoms with van der Waals surface area (Å²) < 4.78 is 39.9. The number of hydrogen-bond acceptors (Lipinski definition) is 2. The zero-order valence-corrected chi connectivity index (χ0v) is 11.4. The van der Waals surface area contributed by atoms with Gasteiger partial charge >= 0.3 is 0 Å². The Hall–Kier alpha value is -1.63. The molecular weight excluding hydrogens is 289 g/mol. The molecule has 1 aromatic carbocycles. The van der Waals surface area contributed by atoms with Crippen LogP contribution in [0, 0.1) is 23.4 Å². The highest BCUT2D eigenvalue weighted by molar-refractivity contribution is 7.80. The van der Waals surface area contributed by atoms with Gasteiger partial charge in [0.05, 0.1) is 4.99 Å². The van der Waals surface area contributed by atoms with E-state index in [9.17, 15) is 18.0 Å². The zero-order chi connectivity index (χ0) is 14.9. The fourth-order valence-electron chi connectivity index (χ4n) is 2.27. The summed E-state index contributed by atoms with van der Waals surface area (Å²) in [5.74, 6) is -4.17. The van der Waals surface area contributed by atoms with Crippen LogP contribution in [0.3, 0.4) is 0 Å². The lowest BCUT2D eigenvalue weighted by atomic mass is 9.96. The number of halogens is 3. The molecule has 1 aromatic rings. The minimum atomic E-state index is -1.19. The van der Waals surface area contributed by atoms with Crippen LogP contribution >= 0.6 is 12.2 Å². The minimum absolute atomic E-state index is 0.0389. The molecule has 0 radical (unpaired) electrons. The van der Waals surface area contributed by atoms with Crippen LogP contribution in [-0.2, 0) is 0 Å². The molecule has 7 heteroatoms. The van der Waals surface area contributed by atoms with Gasteiger partial charge < -0.3 is 10.6 Å². The number of carbonyl (C=O) groups excluding carboxylic acids is 1. The molecule has 108 valence electrons. The molecule has 0 aromatic heterocycles. The first-order valence-electron chi connectivity index (χ1n) is 6.13. The Morgan fingerprint density at radius 1 is 1.20 bits per heavy atom. The van der Waals surface area contributed by atoms with Gasteiger partial charge in [0.1, 0.15) is 23.0 Å². The largest absolute Gasteiger partial charge is 0.393 e. The summed E-state index contributed by atoms with van der Waals surface area (Å²) in [5.41, 5.74) is 4.81. The monoisotopic (exact) mass is 302 g/mol. The van der Waals surface area contributed by atoms with E-state index in [0.717, 1.165) is 0 Å². The number of carbonyl (C=O) groups is 1. The molecule has 0 spiro atoms. The number of rotatable bonds is 2. The first-order chi connectivity index (χ1) is 9.40. The Balaban J connectivity index is 2.16. The lowest BCUT2D eigenvalue weighted by Crippen LogP contribution is -2.41. The Bertz CT molecular complexity index is 534. The molecule has 0 bridgehead atoms. The molecule has 20 heavy (non-hydrogen) atoms. The van der Waals surface area contributed by atoms with Crippen molar-refractivity contribution in [3.8, 4) is 0 Å². The number of amides is 1. The lowest BCUT2D eigenvalue weighted by molar-refractivity contribution is 0.0700. The van der Waals surface area contributed by atoms with Gasteiger partial charge in [0.15, 0.2) is 0 Å². The summed E-state index contributed by atoms with van der Waals surface area (Å²) in [7, 11) is 0. The van der Waals surface area contributed by atoms with Gasteiger partial charge in [-0.2, -0.15) is 0 Å². The van der Waals surface area contributed by atoms with Crippen molar-refractivity contribution in [2.75, 3.05) is 13.1 Å². The maximum atomic E-state index is 13.6. The van der Waals surface area contributed by atoms with Crippen molar-refractivity contribution in [1.82, 2.24) is 4.90 Å². The quantitative estimate of drug-likeness (QED) is 0.852. The van der Waals surface area contributed by atoms with Crippen LogP contribution in [0.5, 0.6) is 0 Å². The number of hydrogen-bond donors (Lipinski definition) is 1. The Kier molecular flexibility index (Phi) is 4.27. The van der Waals surface area contributed by atoms with Crippen LogP contribution in [0.15, 0.2) is 12.1 Å². The Morgan fingerprint density at radius 2 is 1.70 bits per heavy atom. The number of piperidine rings is 1. The minimum Gasteiger partial charge on any atom is -0.393 e. The Labute approximate surface area is 119 Å². The van der Waals surface area contributed by atoms with E-state index in [0.29, 0.717) is 43.1 Å². The molecule has 1 heterocycles. The summed E-state index contributed by atoms with van der Waals surface area (Å²) in [5, 5.41) is 0. The van der Waals surface area contributed by atoms with Crippen molar-refractivity contribution >= 4 is 23.1 Å². The average Bonchev–Trinajstić information content (AvgIpc) is 2.37. The molecule has 2 N–H and O–H groups in total. The smallest absolute Gasteiger partial charge is 0.259 e. The van der Waals surface area contributed by atoms with Crippen molar-refractivity contribution in [2.45, 2.75) is 12.8 Å². The zero-order valence-electron chi connectivity index (χ0n) is 10.5. The van der Waals surface area contributed by atoms with Crippen molar-refractivity contribution < 1.29 is 18.0 Å². The third kappa shape index (κ3) is 2.92. The van der Waals surface area contributed by atoms with Crippen LogP contribution in [0.4, 0.5) is 13.2 Å². The number of likely N-dealkylation sites (tertiary alicyclic amines) is 1. The van der Waals surface area contributed by atoms with E-state index < -0.39 is 28.9 Å². The molecule has 3 nitrogen and oxygen atoms in total. The van der Waals surface area contributed by atoms with E-state index in [2.05, 4.69) is 0 Å². The predicted molar refractivity (Wildman–Crippen MR) is 71.7 cm³/mol. The van der Waals surface area contributed by atoms with Gasteiger partial charge in [0, 0.05) is 31.1 Å². The molecule has 2 rings (SSSR count). The normalized spacial score (nSPS) is 16.2.